The number of carbonyl (C=O) groups excluding carboxylic acids is 2. The summed E-state index contributed by atoms with van der Waals surface area (Å²) in [6.07, 6.45) is 8.92. The largest absolute Gasteiger partial charge is 0.466 e. The van der Waals surface area contributed by atoms with Crippen LogP contribution < -0.4 is 0 Å². The minimum absolute atomic E-state index is 0.0493. The van der Waals surface area contributed by atoms with Gasteiger partial charge in [-0.1, -0.05) is 31.9 Å². The number of nitrogens with zero attached hydrogens (tertiary/aromatic N) is 4. The topological polar surface area (TPSA) is 76.8 Å². The molecule has 38 heavy (non-hydrogen) atoms. The molecule has 1 aromatic carbocycles. The third kappa shape index (κ3) is 5.08. The maximum absolute atomic E-state index is 15.4. The van der Waals surface area contributed by atoms with E-state index in [0.29, 0.717) is 47.4 Å². The molecule has 0 spiro atoms. The number of carbonyl (C=O) groups is 2. The van der Waals surface area contributed by atoms with Crippen molar-refractivity contribution in [2.45, 2.75) is 77.2 Å². The molecule has 1 amide bonds. The first kappa shape index (κ1) is 26.1. The quantitative estimate of drug-likeness (QED) is 0.395. The van der Waals surface area contributed by atoms with Crippen LogP contribution in [0.2, 0.25) is 0 Å². The lowest BCUT2D eigenvalue weighted by Gasteiger charge is -2.27. The molecule has 1 saturated heterocycles. The Labute approximate surface area is 222 Å². The van der Waals surface area contributed by atoms with Gasteiger partial charge in [0.15, 0.2) is 5.65 Å². The maximum Gasteiger partial charge on any atom is 0.333 e. The zero-order valence-corrected chi connectivity index (χ0v) is 22.4. The first-order valence-electron chi connectivity index (χ1n) is 13.7. The van der Waals surface area contributed by atoms with Gasteiger partial charge in [0.05, 0.1) is 12.8 Å². The summed E-state index contributed by atoms with van der Waals surface area (Å²) in [7, 11) is 1.39. The molecule has 2 aromatic heterocycles. The van der Waals surface area contributed by atoms with Crippen LogP contribution in [0.3, 0.4) is 0 Å². The lowest BCUT2D eigenvalue weighted by Crippen LogP contribution is -2.38. The van der Waals surface area contributed by atoms with Gasteiger partial charge in [-0.15, -0.1) is 0 Å². The van der Waals surface area contributed by atoms with Gasteiger partial charge in [-0.2, -0.15) is 5.10 Å². The standard InChI is InChI=1S/C30H35FN4O3/c1-4-23-17-27(29(36)34-15-7-5-6-8-19(34)2)32-28-18-26(33-35(23)28)24-14-13-22(16-25(24)31)20-9-11-21(12-10-20)30(37)38-3/h11,13-14,16-20H,4-10,12,15H2,1-3H3/t19-,20?/m1/s1. The maximum atomic E-state index is 15.4. The van der Waals surface area contributed by atoms with Gasteiger partial charge in [0.25, 0.3) is 5.91 Å². The van der Waals surface area contributed by atoms with Gasteiger partial charge in [0.2, 0.25) is 0 Å². The summed E-state index contributed by atoms with van der Waals surface area (Å²) in [6, 6.07) is 9.04. The average molecular weight is 519 g/mol. The molecule has 1 fully saturated rings. The number of ether oxygens (including phenoxy) is 1. The third-order valence-corrected chi connectivity index (χ3v) is 8.00. The Kier molecular flexibility index (Phi) is 7.58. The number of hydrogen-bond donors (Lipinski definition) is 0. The number of rotatable bonds is 5. The van der Waals surface area contributed by atoms with Crippen LogP contribution in [0.15, 0.2) is 42.0 Å². The summed E-state index contributed by atoms with van der Waals surface area (Å²) >= 11 is 0. The van der Waals surface area contributed by atoms with E-state index in [2.05, 4.69) is 17.0 Å². The Morgan fingerprint density at radius 2 is 1.97 bits per heavy atom. The van der Waals surface area contributed by atoms with Crippen molar-refractivity contribution in [3.63, 3.8) is 0 Å². The van der Waals surface area contributed by atoms with E-state index in [1.54, 1.807) is 22.7 Å². The number of aryl methyl sites for hydroxylation is 1. The van der Waals surface area contributed by atoms with Crippen molar-refractivity contribution in [3.8, 4) is 11.3 Å². The van der Waals surface area contributed by atoms with E-state index in [1.807, 2.05) is 30.0 Å². The highest BCUT2D eigenvalue weighted by atomic mass is 19.1. The molecule has 1 aliphatic carbocycles. The fourth-order valence-corrected chi connectivity index (χ4v) is 5.70. The number of benzene rings is 1. The number of amides is 1. The average Bonchev–Trinajstić information content (AvgIpc) is 3.25. The van der Waals surface area contributed by atoms with E-state index < -0.39 is 0 Å². The Morgan fingerprint density at radius 3 is 2.68 bits per heavy atom. The summed E-state index contributed by atoms with van der Waals surface area (Å²) < 4.78 is 21.9. The van der Waals surface area contributed by atoms with E-state index >= 15 is 4.39 Å². The number of esters is 1. The van der Waals surface area contributed by atoms with Crippen molar-refractivity contribution in [2.75, 3.05) is 13.7 Å². The van der Waals surface area contributed by atoms with E-state index in [4.69, 9.17) is 4.74 Å². The molecular formula is C30H35FN4O3. The minimum Gasteiger partial charge on any atom is -0.466 e. The number of halogens is 1. The molecule has 5 rings (SSSR count). The highest BCUT2D eigenvalue weighted by molar-refractivity contribution is 5.93. The van der Waals surface area contributed by atoms with Crippen molar-refractivity contribution in [1.29, 1.82) is 0 Å². The second-order valence-electron chi connectivity index (χ2n) is 10.4. The molecule has 1 aliphatic heterocycles. The lowest BCUT2D eigenvalue weighted by molar-refractivity contribution is -0.136. The highest BCUT2D eigenvalue weighted by Crippen LogP contribution is 2.35. The molecule has 2 aliphatic rings. The lowest BCUT2D eigenvalue weighted by atomic mass is 9.84. The van der Waals surface area contributed by atoms with Gasteiger partial charge in [-0.25, -0.2) is 18.7 Å². The van der Waals surface area contributed by atoms with Crippen LogP contribution in [0.4, 0.5) is 4.39 Å². The predicted molar refractivity (Wildman–Crippen MR) is 143 cm³/mol. The smallest absolute Gasteiger partial charge is 0.333 e. The molecule has 0 radical (unpaired) electrons. The van der Waals surface area contributed by atoms with E-state index in [0.717, 1.165) is 49.9 Å². The monoisotopic (exact) mass is 518 g/mol. The molecule has 8 heteroatoms. The first-order chi connectivity index (χ1) is 18.4. The van der Waals surface area contributed by atoms with Gasteiger partial charge < -0.3 is 9.64 Å². The van der Waals surface area contributed by atoms with E-state index in [-0.39, 0.29) is 29.7 Å². The van der Waals surface area contributed by atoms with Crippen LogP contribution >= 0.6 is 0 Å². The normalized spacial score (nSPS) is 20.2. The summed E-state index contributed by atoms with van der Waals surface area (Å²) in [5, 5.41) is 4.67. The Balaban J connectivity index is 1.42. The molecule has 0 N–H and O–H groups in total. The number of aromatic nitrogens is 3. The van der Waals surface area contributed by atoms with Gasteiger partial charge in [-0.05, 0) is 75.1 Å². The van der Waals surface area contributed by atoms with Crippen LogP contribution in [0.5, 0.6) is 0 Å². The second-order valence-corrected chi connectivity index (χ2v) is 10.4. The van der Waals surface area contributed by atoms with Crippen LogP contribution in [0.25, 0.3) is 16.9 Å². The minimum atomic E-state index is -0.346. The molecule has 0 bridgehead atoms. The van der Waals surface area contributed by atoms with Crippen molar-refractivity contribution in [1.82, 2.24) is 19.5 Å². The third-order valence-electron chi connectivity index (χ3n) is 8.00. The van der Waals surface area contributed by atoms with E-state index in [9.17, 15) is 9.59 Å². The zero-order chi connectivity index (χ0) is 26.8. The van der Waals surface area contributed by atoms with Gasteiger partial charge >= 0.3 is 5.97 Å². The van der Waals surface area contributed by atoms with Gasteiger partial charge in [-0.3, -0.25) is 4.79 Å². The van der Waals surface area contributed by atoms with Crippen molar-refractivity contribution in [2.24, 2.45) is 0 Å². The molecule has 1 unspecified atom stereocenters. The first-order valence-corrected chi connectivity index (χ1v) is 13.7. The SMILES string of the molecule is CCc1cc(C(=O)N2CCCCC[C@H]2C)nc2cc(-c3ccc(C4CC=C(C(=O)OC)CC4)cc3F)nn12. The van der Waals surface area contributed by atoms with Crippen molar-refractivity contribution in [3.05, 3.63) is 64.7 Å². The van der Waals surface area contributed by atoms with Crippen LogP contribution in [-0.2, 0) is 16.0 Å². The molecule has 3 heterocycles. The number of hydrogen-bond acceptors (Lipinski definition) is 5. The van der Waals surface area contributed by atoms with Gasteiger partial charge in [0, 0.05) is 35.5 Å². The van der Waals surface area contributed by atoms with Crippen LogP contribution in [-0.4, -0.2) is 51.1 Å². The number of methoxy groups -OCH3 is 1. The predicted octanol–water partition coefficient (Wildman–Crippen LogP) is 5.87. The highest BCUT2D eigenvalue weighted by Gasteiger charge is 2.26. The Morgan fingerprint density at radius 1 is 1.13 bits per heavy atom. The molecule has 200 valence electrons. The Bertz CT molecular complexity index is 1400. The number of likely N-dealkylation sites (tertiary alicyclic amines) is 1. The number of allylic oxidation sites excluding steroid dienone is 1. The zero-order valence-electron chi connectivity index (χ0n) is 22.4. The molecule has 7 nitrogen and oxygen atoms in total. The molecule has 0 saturated carbocycles. The fourth-order valence-electron chi connectivity index (χ4n) is 5.70. The molecule has 2 atom stereocenters. The molecule has 3 aromatic rings. The second kappa shape index (κ2) is 11.1. The summed E-state index contributed by atoms with van der Waals surface area (Å²) in [4.78, 5) is 31.8. The fraction of sp³-hybridized carbons (Fsp3) is 0.467. The Hall–Kier alpha value is -3.55. The van der Waals surface area contributed by atoms with Crippen LogP contribution in [0, 0.1) is 5.82 Å². The summed E-state index contributed by atoms with van der Waals surface area (Å²) in [5.74, 6) is -0.535. The van der Waals surface area contributed by atoms with Crippen molar-refractivity contribution >= 4 is 17.5 Å². The van der Waals surface area contributed by atoms with Crippen LogP contribution in [0.1, 0.15) is 86.5 Å². The summed E-state index contributed by atoms with van der Waals surface area (Å²) in [6.45, 7) is 4.86. The summed E-state index contributed by atoms with van der Waals surface area (Å²) in [5.41, 5.74) is 4.30. The van der Waals surface area contributed by atoms with Gasteiger partial charge in [0.1, 0.15) is 11.5 Å². The number of fused-ring (bicyclic) bond motifs is 1. The van der Waals surface area contributed by atoms with Crippen molar-refractivity contribution < 1.29 is 18.7 Å². The van der Waals surface area contributed by atoms with E-state index in [1.165, 1.54) is 7.11 Å². The molecular weight excluding hydrogens is 483 g/mol.